The summed E-state index contributed by atoms with van der Waals surface area (Å²) in [4.78, 5) is 10.9. The smallest absolute Gasteiger partial charge is 0.236 e. The van der Waals surface area contributed by atoms with Gasteiger partial charge in [-0.1, -0.05) is 56.5 Å². The molecule has 1 aliphatic rings. The summed E-state index contributed by atoms with van der Waals surface area (Å²) < 4.78 is 0. The van der Waals surface area contributed by atoms with Crippen molar-refractivity contribution in [2.45, 2.75) is 39.2 Å². The molecule has 0 unspecified atom stereocenters. The number of rotatable bonds is 8. The zero-order valence-corrected chi connectivity index (χ0v) is 14.6. The third-order valence-electron chi connectivity index (χ3n) is 4.28. The summed E-state index contributed by atoms with van der Waals surface area (Å²) in [6, 6.07) is 12.3. The summed E-state index contributed by atoms with van der Waals surface area (Å²) in [6.07, 6.45) is 4.77. The zero-order valence-electron chi connectivity index (χ0n) is 14.6. The summed E-state index contributed by atoms with van der Waals surface area (Å²) in [5.74, 6) is 1.73. The van der Waals surface area contributed by atoms with Crippen LogP contribution in [0.1, 0.15) is 44.0 Å². The SMILES string of the molecule is CCCCCCNc1nc(C#N)nc2c1NCN2Cc1ccccc1. The number of nitrogens with zero attached hydrogens (tertiary/aromatic N) is 4. The lowest BCUT2D eigenvalue weighted by molar-refractivity contribution is 0.684. The van der Waals surface area contributed by atoms with Crippen molar-refractivity contribution in [1.82, 2.24) is 9.97 Å². The standard InChI is InChI=1S/C19H24N6/c1-2-3-4-8-11-21-18-17-19(24-16(12-20)23-18)25(14-22-17)13-15-9-6-5-7-10-15/h5-7,9-10,22H,2-4,8,11,13-14H2,1H3,(H,21,23,24). The number of nitrogens with one attached hydrogen (secondary N) is 2. The van der Waals surface area contributed by atoms with Crippen LogP contribution in [0.2, 0.25) is 0 Å². The van der Waals surface area contributed by atoms with Gasteiger partial charge in [0.15, 0.2) is 11.6 Å². The first-order chi connectivity index (χ1) is 12.3. The quantitative estimate of drug-likeness (QED) is 0.715. The van der Waals surface area contributed by atoms with Crippen molar-refractivity contribution in [1.29, 1.82) is 5.26 Å². The summed E-state index contributed by atoms with van der Waals surface area (Å²) in [5.41, 5.74) is 2.11. The number of hydrogen-bond acceptors (Lipinski definition) is 6. The number of unbranched alkanes of at least 4 members (excludes halogenated alkanes) is 3. The van der Waals surface area contributed by atoms with Crippen LogP contribution < -0.4 is 15.5 Å². The van der Waals surface area contributed by atoms with Crippen molar-refractivity contribution in [3.63, 3.8) is 0 Å². The summed E-state index contributed by atoms with van der Waals surface area (Å²) in [5, 5.41) is 16.0. The number of anilines is 3. The fraction of sp³-hybridized carbons (Fsp3) is 0.421. The van der Waals surface area contributed by atoms with Crippen molar-refractivity contribution in [3.05, 3.63) is 41.7 Å². The number of hydrogen-bond donors (Lipinski definition) is 2. The molecule has 0 atom stereocenters. The van der Waals surface area contributed by atoms with Crippen LogP contribution in [0.4, 0.5) is 17.3 Å². The molecule has 0 fully saturated rings. The normalized spacial score (nSPS) is 12.4. The first-order valence-corrected chi connectivity index (χ1v) is 8.90. The molecule has 130 valence electrons. The van der Waals surface area contributed by atoms with E-state index in [0.717, 1.165) is 36.8 Å². The minimum Gasteiger partial charge on any atom is -0.368 e. The Hall–Kier alpha value is -2.81. The highest BCUT2D eigenvalue weighted by molar-refractivity contribution is 5.81. The second-order valence-electron chi connectivity index (χ2n) is 6.21. The minimum atomic E-state index is 0.205. The molecule has 0 bridgehead atoms. The van der Waals surface area contributed by atoms with Gasteiger partial charge in [-0.15, -0.1) is 0 Å². The molecular weight excluding hydrogens is 312 g/mol. The second kappa shape index (κ2) is 8.34. The van der Waals surface area contributed by atoms with E-state index in [0.29, 0.717) is 6.67 Å². The predicted octanol–water partition coefficient (Wildman–Crippen LogP) is 3.73. The number of fused-ring (bicyclic) bond motifs is 1. The molecule has 6 heteroatoms. The van der Waals surface area contributed by atoms with Crippen molar-refractivity contribution in [2.24, 2.45) is 0 Å². The molecule has 0 radical (unpaired) electrons. The lowest BCUT2D eigenvalue weighted by Crippen LogP contribution is -2.22. The van der Waals surface area contributed by atoms with E-state index in [2.05, 4.69) is 50.6 Å². The molecule has 0 saturated carbocycles. The Balaban J connectivity index is 1.75. The number of nitriles is 1. The molecule has 0 spiro atoms. The van der Waals surface area contributed by atoms with E-state index in [1.165, 1.54) is 24.8 Å². The van der Waals surface area contributed by atoms with Crippen LogP contribution >= 0.6 is 0 Å². The first kappa shape index (κ1) is 17.0. The van der Waals surface area contributed by atoms with Gasteiger partial charge in [-0.25, -0.2) is 0 Å². The van der Waals surface area contributed by atoms with Crippen molar-refractivity contribution in [2.75, 3.05) is 28.7 Å². The van der Waals surface area contributed by atoms with Gasteiger partial charge in [0.1, 0.15) is 11.8 Å². The van der Waals surface area contributed by atoms with Crippen molar-refractivity contribution in [3.8, 4) is 6.07 Å². The fourth-order valence-corrected chi connectivity index (χ4v) is 2.96. The third kappa shape index (κ3) is 4.18. The highest BCUT2D eigenvalue weighted by Gasteiger charge is 2.25. The molecule has 1 aliphatic heterocycles. The fourth-order valence-electron chi connectivity index (χ4n) is 2.96. The zero-order chi connectivity index (χ0) is 17.5. The van der Waals surface area contributed by atoms with E-state index in [4.69, 9.17) is 0 Å². The van der Waals surface area contributed by atoms with Crippen molar-refractivity contribution < 1.29 is 0 Å². The van der Waals surface area contributed by atoms with E-state index in [1.54, 1.807) is 0 Å². The maximum Gasteiger partial charge on any atom is 0.236 e. The van der Waals surface area contributed by atoms with Gasteiger partial charge < -0.3 is 15.5 Å². The predicted molar refractivity (Wildman–Crippen MR) is 100 cm³/mol. The molecule has 0 amide bonds. The second-order valence-corrected chi connectivity index (χ2v) is 6.21. The van der Waals surface area contributed by atoms with Gasteiger partial charge in [-0.3, -0.25) is 0 Å². The third-order valence-corrected chi connectivity index (χ3v) is 4.28. The molecule has 0 saturated heterocycles. The van der Waals surface area contributed by atoms with Crippen LogP contribution in [0.15, 0.2) is 30.3 Å². The molecule has 2 aromatic rings. The molecular formula is C19H24N6. The van der Waals surface area contributed by atoms with E-state index >= 15 is 0 Å². The van der Waals surface area contributed by atoms with Crippen LogP contribution in [0.5, 0.6) is 0 Å². The maximum atomic E-state index is 9.27. The Morgan fingerprint density at radius 1 is 1.20 bits per heavy atom. The van der Waals surface area contributed by atoms with Crippen LogP contribution in [0.3, 0.4) is 0 Å². The highest BCUT2D eigenvalue weighted by Crippen LogP contribution is 2.35. The molecule has 1 aromatic carbocycles. The molecule has 2 heterocycles. The summed E-state index contributed by atoms with van der Waals surface area (Å²) in [6.45, 7) is 4.47. The maximum absolute atomic E-state index is 9.27. The van der Waals surface area contributed by atoms with Crippen molar-refractivity contribution >= 4 is 17.3 Å². The van der Waals surface area contributed by atoms with E-state index in [-0.39, 0.29) is 5.82 Å². The molecule has 2 N–H and O–H groups in total. The largest absolute Gasteiger partial charge is 0.368 e. The Morgan fingerprint density at radius 2 is 2.04 bits per heavy atom. The average molecular weight is 336 g/mol. The lowest BCUT2D eigenvalue weighted by Gasteiger charge is -2.17. The minimum absolute atomic E-state index is 0.205. The van der Waals surface area contributed by atoms with Gasteiger partial charge in [0, 0.05) is 13.1 Å². The Morgan fingerprint density at radius 3 is 2.80 bits per heavy atom. The number of aromatic nitrogens is 2. The van der Waals surface area contributed by atoms with Gasteiger partial charge >= 0.3 is 0 Å². The van der Waals surface area contributed by atoms with Gasteiger partial charge in [0.2, 0.25) is 5.82 Å². The van der Waals surface area contributed by atoms with Crippen LogP contribution in [-0.4, -0.2) is 23.2 Å². The molecule has 1 aromatic heterocycles. The Kier molecular flexibility index (Phi) is 5.68. The van der Waals surface area contributed by atoms with Crippen LogP contribution in [0, 0.1) is 11.3 Å². The van der Waals surface area contributed by atoms with E-state index in [1.807, 2.05) is 18.2 Å². The molecule has 6 nitrogen and oxygen atoms in total. The van der Waals surface area contributed by atoms with Crippen LogP contribution in [0.25, 0.3) is 0 Å². The molecule has 0 aliphatic carbocycles. The average Bonchev–Trinajstić information content (AvgIpc) is 3.05. The van der Waals surface area contributed by atoms with Gasteiger partial charge in [0.05, 0.1) is 6.67 Å². The monoisotopic (exact) mass is 336 g/mol. The van der Waals surface area contributed by atoms with E-state index in [9.17, 15) is 5.26 Å². The van der Waals surface area contributed by atoms with Gasteiger partial charge in [0.25, 0.3) is 0 Å². The highest BCUT2D eigenvalue weighted by atomic mass is 15.3. The van der Waals surface area contributed by atoms with Gasteiger partial charge in [-0.05, 0) is 12.0 Å². The summed E-state index contributed by atoms with van der Waals surface area (Å²) in [7, 11) is 0. The first-order valence-electron chi connectivity index (χ1n) is 8.90. The Labute approximate surface area is 148 Å². The summed E-state index contributed by atoms with van der Waals surface area (Å²) >= 11 is 0. The number of benzene rings is 1. The van der Waals surface area contributed by atoms with E-state index < -0.39 is 0 Å². The molecule has 3 rings (SSSR count). The van der Waals surface area contributed by atoms with Gasteiger partial charge in [-0.2, -0.15) is 15.2 Å². The van der Waals surface area contributed by atoms with Crippen LogP contribution in [-0.2, 0) is 6.54 Å². The molecule has 25 heavy (non-hydrogen) atoms. The lowest BCUT2D eigenvalue weighted by atomic mass is 10.2. The topological polar surface area (TPSA) is 76.9 Å². The Bertz CT molecular complexity index is 738.